The summed E-state index contributed by atoms with van der Waals surface area (Å²) in [5.41, 5.74) is 3.93. The molecule has 1 N–H and O–H groups in total. The van der Waals surface area contributed by atoms with Gasteiger partial charge in [0.2, 0.25) is 0 Å². The lowest BCUT2D eigenvalue weighted by molar-refractivity contribution is 0.0500. The maximum atomic E-state index is 11.3. The second-order valence-electron chi connectivity index (χ2n) is 4.71. The number of hydrogen-bond donors (Lipinski definition) is 1. The van der Waals surface area contributed by atoms with Crippen LogP contribution in [0.4, 0.5) is 0 Å². The van der Waals surface area contributed by atoms with Crippen LogP contribution in [0.5, 0.6) is 0 Å². The van der Waals surface area contributed by atoms with E-state index in [0.29, 0.717) is 32.0 Å². The highest BCUT2D eigenvalue weighted by Gasteiger charge is 2.16. The molecule has 0 aliphatic heterocycles. The molecule has 0 fully saturated rings. The van der Waals surface area contributed by atoms with Crippen LogP contribution >= 0.6 is 0 Å². The number of benzene rings is 1. The summed E-state index contributed by atoms with van der Waals surface area (Å²) in [5.74, 6) is -0.893. The van der Waals surface area contributed by atoms with Crippen molar-refractivity contribution in [3.05, 3.63) is 46.5 Å². The number of hydrogen-bond acceptors (Lipinski definition) is 3. The summed E-state index contributed by atoms with van der Waals surface area (Å²) in [4.78, 5) is 11.3. The lowest BCUT2D eigenvalue weighted by atomic mass is 9.94. The topological polar surface area (TPSA) is 55.8 Å². The number of rotatable bonds is 8. The highest BCUT2D eigenvalue weighted by molar-refractivity contribution is 5.91. The molecule has 0 aromatic heterocycles. The zero-order valence-electron chi connectivity index (χ0n) is 12.4. The minimum absolute atomic E-state index is 0.372. The molecular weight excluding hydrogens is 256 g/mol. The molecule has 0 spiro atoms. The zero-order valence-corrected chi connectivity index (χ0v) is 12.4. The van der Waals surface area contributed by atoms with E-state index in [1.807, 2.05) is 26.8 Å². The van der Waals surface area contributed by atoms with Crippen molar-refractivity contribution < 1.29 is 19.4 Å². The summed E-state index contributed by atoms with van der Waals surface area (Å²) >= 11 is 0. The van der Waals surface area contributed by atoms with E-state index in [1.165, 1.54) is 0 Å². The predicted octanol–water partition coefficient (Wildman–Crippen LogP) is 3.03. The molecule has 0 amide bonds. The van der Waals surface area contributed by atoms with Gasteiger partial charge in [0.05, 0.1) is 32.0 Å². The van der Waals surface area contributed by atoms with Gasteiger partial charge in [-0.2, -0.15) is 0 Å². The molecule has 1 rings (SSSR count). The Hall–Kier alpha value is -1.65. The van der Waals surface area contributed by atoms with Gasteiger partial charge in [0, 0.05) is 0 Å². The van der Waals surface area contributed by atoms with E-state index in [1.54, 1.807) is 6.08 Å². The summed E-state index contributed by atoms with van der Waals surface area (Å²) < 4.78 is 10.8. The van der Waals surface area contributed by atoms with E-state index in [9.17, 15) is 9.90 Å². The Morgan fingerprint density at radius 3 is 2.50 bits per heavy atom. The molecule has 0 aliphatic rings. The Balaban J connectivity index is 2.72. The number of ether oxygens (including phenoxy) is 2. The minimum Gasteiger partial charge on any atom is -0.478 e. The predicted molar refractivity (Wildman–Crippen MR) is 78.3 cm³/mol. The van der Waals surface area contributed by atoms with Crippen molar-refractivity contribution in [2.75, 3.05) is 19.8 Å². The van der Waals surface area contributed by atoms with Gasteiger partial charge in [0.25, 0.3) is 0 Å². The highest BCUT2D eigenvalue weighted by atomic mass is 16.5. The maximum Gasteiger partial charge on any atom is 0.336 e. The molecule has 4 nitrogen and oxygen atoms in total. The normalized spacial score (nSPS) is 10.6. The molecule has 110 valence electrons. The van der Waals surface area contributed by atoms with E-state index in [4.69, 9.17) is 9.47 Å². The molecule has 1 aromatic rings. The summed E-state index contributed by atoms with van der Waals surface area (Å²) in [7, 11) is 0. The van der Waals surface area contributed by atoms with Gasteiger partial charge in [-0.05, 0) is 43.0 Å². The second-order valence-corrected chi connectivity index (χ2v) is 4.71. The number of carboxylic acids is 1. The van der Waals surface area contributed by atoms with Gasteiger partial charge >= 0.3 is 5.97 Å². The van der Waals surface area contributed by atoms with Crippen molar-refractivity contribution in [1.29, 1.82) is 0 Å². The van der Waals surface area contributed by atoms with Crippen LogP contribution in [-0.4, -0.2) is 30.9 Å². The van der Waals surface area contributed by atoms with Gasteiger partial charge in [0.15, 0.2) is 0 Å². The SMILES string of the molecule is C=CCOCCOCc1c(C)cc(C)c(C(=O)O)c1C. The Labute approximate surface area is 120 Å². The second kappa shape index (κ2) is 7.82. The fourth-order valence-electron chi connectivity index (χ4n) is 2.24. The minimum atomic E-state index is -0.893. The summed E-state index contributed by atoms with van der Waals surface area (Å²) in [6.45, 7) is 11.1. The third kappa shape index (κ3) is 4.18. The van der Waals surface area contributed by atoms with Gasteiger partial charge < -0.3 is 14.6 Å². The van der Waals surface area contributed by atoms with Crippen LogP contribution in [0, 0.1) is 20.8 Å². The van der Waals surface area contributed by atoms with Crippen molar-refractivity contribution in [3.63, 3.8) is 0 Å². The molecule has 0 heterocycles. The van der Waals surface area contributed by atoms with Gasteiger partial charge in [-0.25, -0.2) is 4.79 Å². The molecular formula is C16H22O4. The monoisotopic (exact) mass is 278 g/mol. The third-order valence-corrected chi connectivity index (χ3v) is 3.20. The smallest absolute Gasteiger partial charge is 0.336 e. The van der Waals surface area contributed by atoms with Crippen molar-refractivity contribution in [2.24, 2.45) is 0 Å². The first-order valence-electron chi connectivity index (χ1n) is 6.58. The first-order chi connectivity index (χ1) is 9.49. The molecule has 0 radical (unpaired) electrons. The van der Waals surface area contributed by atoms with E-state index in [2.05, 4.69) is 6.58 Å². The van der Waals surface area contributed by atoms with Crippen LogP contribution in [-0.2, 0) is 16.1 Å². The molecule has 4 heteroatoms. The van der Waals surface area contributed by atoms with Crippen LogP contribution in [0.1, 0.15) is 32.6 Å². The zero-order chi connectivity index (χ0) is 15.1. The fraction of sp³-hybridized carbons (Fsp3) is 0.438. The summed E-state index contributed by atoms with van der Waals surface area (Å²) in [5, 5.41) is 9.26. The first kappa shape index (κ1) is 16.4. The Morgan fingerprint density at radius 2 is 1.90 bits per heavy atom. The van der Waals surface area contributed by atoms with E-state index < -0.39 is 5.97 Å². The maximum absolute atomic E-state index is 11.3. The lowest BCUT2D eigenvalue weighted by Gasteiger charge is -2.15. The highest BCUT2D eigenvalue weighted by Crippen LogP contribution is 2.23. The lowest BCUT2D eigenvalue weighted by Crippen LogP contribution is -2.10. The molecule has 0 unspecified atom stereocenters. The third-order valence-electron chi connectivity index (χ3n) is 3.20. The largest absolute Gasteiger partial charge is 0.478 e. The first-order valence-corrected chi connectivity index (χ1v) is 6.58. The van der Waals surface area contributed by atoms with E-state index >= 15 is 0 Å². The van der Waals surface area contributed by atoms with Crippen LogP contribution < -0.4 is 0 Å². The molecule has 0 saturated carbocycles. The average molecular weight is 278 g/mol. The van der Waals surface area contributed by atoms with Crippen LogP contribution in [0.2, 0.25) is 0 Å². The standard InChI is InChI=1S/C16H22O4/c1-5-6-19-7-8-20-10-14-11(2)9-12(3)15(13(14)4)16(17)18/h5,9H,1,6-8,10H2,2-4H3,(H,17,18). The summed E-state index contributed by atoms with van der Waals surface area (Å²) in [6, 6.07) is 1.89. The van der Waals surface area contributed by atoms with Crippen LogP contribution in [0.3, 0.4) is 0 Å². The van der Waals surface area contributed by atoms with Crippen LogP contribution in [0.25, 0.3) is 0 Å². The van der Waals surface area contributed by atoms with Crippen LogP contribution in [0.15, 0.2) is 18.7 Å². The van der Waals surface area contributed by atoms with Crippen molar-refractivity contribution in [2.45, 2.75) is 27.4 Å². The Morgan fingerprint density at radius 1 is 1.25 bits per heavy atom. The molecule has 0 saturated heterocycles. The molecule has 0 atom stereocenters. The van der Waals surface area contributed by atoms with Gasteiger partial charge in [-0.15, -0.1) is 6.58 Å². The van der Waals surface area contributed by atoms with Crippen molar-refractivity contribution >= 4 is 5.97 Å². The average Bonchev–Trinajstić information content (AvgIpc) is 2.35. The number of aromatic carboxylic acids is 1. The summed E-state index contributed by atoms with van der Waals surface area (Å²) in [6.07, 6.45) is 1.69. The molecule has 0 bridgehead atoms. The molecule has 1 aromatic carbocycles. The van der Waals surface area contributed by atoms with Crippen molar-refractivity contribution in [3.8, 4) is 0 Å². The fourth-order valence-corrected chi connectivity index (χ4v) is 2.24. The van der Waals surface area contributed by atoms with Crippen molar-refractivity contribution in [1.82, 2.24) is 0 Å². The van der Waals surface area contributed by atoms with Gasteiger partial charge in [-0.3, -0.25) is 0 Å². The number of carboxylic acid groups (broad SMARTS) is 1. The van der Waals surface area contributed by atoms with E-state index in [0.717, 1.165) is 22.3 Å². The Bertz CT molecular complexity index is 492. The molecule has 0 aliphatic carbocycles. The quantitative estimate of drug-likeness (QED) is 0.586. The van der Waals surface area contributed by atoms with E-state index in [-0.39, 0.29) is 0 Å². The number of aryl methyl sites for hydroxylation is 2. The van der Waals surface area contributed by atoms with Gasteiger partial charge in [-0.1, -0.05) is 12.1 Å². The van der Waals surface area contributed by atoms with Gasteiger partial charge in [0.1, 0.15) is 0 Å². The number of carbonyl (C=O) groups is 1. The molecule has 20 heavy (non-hydrogen) atoms. The Kier molecular flexibility index (Phi) is 6.42.